The van der Waals surface area contributed by atoms with E-state index < -0.39 is 0 Å². The van der Waals surface area contributed by atoms with Gasteiger partial charge in [0, 0.05) is 0 Å². The van der Waals surface area contributed by atoms with Crippen LogP contribution < -0.4 is 0 Å². The molecule has 0 bridgehead atoms. The minimum atomic E-state index is 0.164. The van der Waals surface area contributed by atoms with Crippen molar-refractivity contribution in [1.82, 2.24) is 0 Å². The number of hydrogen-bond donors (Lipinski definition) is 1. The summed E-state index contributed by atoms with van der Waals surface area (Å²) in [5.74, 6) is 0. The number of rotatable bonds is 3. The maximum absolute atomic E-state index is 8.97. The molecule has 0 aliphatic rings. The minimum Gasteiger partial charge on any atom is -0.392 e. The monoisotopic (exact) mass is 190 g/mol. The second kappa shape index (κ2) is 4.97. The van der Waals surface area contributed by atoms with E-state index in [9.17, 15) is 0 Å². The Balaban J connectivity index is 2.74. The van der Waals surface area contributed by atoms with Gasteiger partial charge in [-0.15, -0.1) is 0 Å². The lowest BCUT2D eigenvalue weighted by molar-refractivity contribution is 0.330. The summed E-state index contributed by atoms with van der Waals surface area (Å²) in [6, 6.07) is 8.53. The summed E-state index contributed by atoms with van der Waals surface area (Å²) in [4.78, 5) is 0. The third-order valence-electron chi connectivity index (χ3n) is 2.56. The van der Waals surface area contributed by atoms with E-state index in [1.54, 1.807) is 0 Å². The summed E-state index contributed by atoms with van der Waals surface area (Å²) < 4.78 is 0. The van der Waals surface area contributed by atoms with Crippen molar-refractivity contribution in [3.63, 3.8) is 0 Å². The Morgan fingerprint density at radius 1 is 1.07 bits per heavy atom. The average Bonchev–Trinajstić information content (AvgIpc) is 2.20. The lowest BCUT2D eigenvalue weighted by atomic mass is 10.0. The summed E-state index contributed by atoms with van der Waals surface area (Å²) in [7, 11) is 0. The number of hydrogen-bond acceptors (Lipinski definition) is 1. The number of benzene rings is 1. The summed E-state index contributed by atoms with van der Waals surface area (Å²) >= 11 is 0. The molecule has 14 heavy (non-hydrogen) atoms. The van der Waals surface area contributed by atoms with Crippen LogP contribution in [-0.2, 0) is 6.42 Å². The molecule has 1 rings (SSSR count). The quantitative estimate of drug-likeness (QED) is 0.727. The van der Waals surface area contributed by atoms with Gasteiger partial charge in [0.25, 0.3) is 0 Å². The van der Waals surface area contributed by atoms with Crippen LogP contribution >= 0.6 is 0 Å². The largest absolute Gasteiger partial charge is 0.392 e. The number of aryl methyl sites for hydroxylation is 1. The number of aliphatic hydroxyl groups excluding tert-OH is 1. The Morgan fingerprint density at radius 2 is 1.64 bits per heavy atom. The van der Waals surface area contributed by atoms with Crippen molar-refractivity contribution < 1.29 is 5.11 Å². The standard InChI is InChI=1S/C13H18O/c1-10-4-6-13(7-5-10)8-11(2)12(3)9-14/h4-7,14H,8-9H2,1-3H3. The van der Waals surface area contributed by atoms with Crippen molar-refractivity contribution in [3.8, 4) is 0 Å². The van der Waals surface area contributed by atoms with Crippen LogP contribution in [0.1, 0.15) is 25.0 Å². The molecular weight excluding hydrogens is 172 g/mol. The predicted octanol–water partition coefficient (Wildman–Crippen LogP) is 2.87. The molecule has 0 unspecified atom stereocenters. The van der Waals surface area contributed by atoms with Gasteiger partial charge in [-0.3, -0.25) is 0 Å². The molecule has 76 valence electrons. The molecule has 0 amide bonds. The van der Waals surface area contributed by atoms with Gasteiger partial charge in [0.05, 0.1) is 6.61 Å². The van der Waals surface area contributed by atoms with Crippen LogP contribution in [0.3, 0.4) is 0 Å². The second-order valence-electron chi connectivity index (χ2n) is 3.88. The number of allylic oxidation sites excluding steroid dienone is 1. The molecule has 0 saturated carbocycles. The van der Waals surface area contributed by atoms with Crippen LogP contribution in [-0.4, -0.2) is 11.7 Å². The Hall–Kier alpha value is -1.08. The maximum atomic E-state index is 8.97. The fourth-order valence-corrected chi connectivity index (χ4v) is 1.30. The molecule has 0 aliphatic carbocycles. The van der Waals surface area contributed by atoms with Crippen molar-refractivity contribution in [1.29, 1.82) is 0 Å². The van der Waals surface area contributed by atoms with Crippen molar-refractivity contribution >= 4 is 0 Å². The zero-order valence-electron chi connectivity index (χ0n) is 9.17. The van der Waals surface area contributed by atoms with E-state index in [0.29, 0.717) is 0 Å². The molecule has 1 aromatic carbocycles. The van der Waals surface area contributed by atoms with Gasteiger partial charge in [-0.05, 0) is 38.3 Å². The van der Waals surface area contributed by atoms with Crippen molar-refractivity contribution in [3.05, 3.63) is 46.5 Å². The molecule has 0 heterocycles. The summed E-state index contributed by atoms with van der Waals surface area (Å²) in [6.45, 7) is 6.30. The zero-order chi connectivity index (χ0) is 10.6. The first kappa shape index (κ1) is 11.0. The Kier molecular flexibility index (Phi) is 3.90. The first-order valence-corrected chi connectivity index (χ1v) is 4.95. The second-order valence-corrected chi connectivity index (χ2v) is 3.88. The Labute approximate surface area is 86.1 Å². The van der Waals surface area contributed by atoms with Crippen LogP contribution in [0.4, 0.5) is 0 Å². The highest BCUT2D eigenvalue weighted by Gasteiger charge is 1.98. The summed E-state index contributed by atoms with van der Waals surface area (Å²) in [5, 5.41) is 8.97. The fraction of sp³-hybridized carbons (Fsp3) is 0.385. The van der Waals surface area contributed by atoms with Gasteiger partial charge in [-0.2, -0.15) is 0 Å². The molecule has 0 atom stereocenters. The SMILES string of the molecule is CC(CO)=C(C)Cc1ccc(C)cc1. The molecule has 1 aromatic rings. The lowest BCUT2D eigenvalue weighted by Gasteiger charge is -2.05. The molecule has 1 nitrogen and oxygen atoms in total. The van der Waals surface area contributed by atoms with Gasteiger partial charge in [-0.1, -0.05) is 35.4 Å². The number of aliphatic hydroxyl groups is 1. The smallest absolute Gasteiger partial charge is 0.0641 e. The zero-order valence-corrected chi connectivity index (χ0v) is 9.17. The van der Waals surface area contributed by atoms with E-state index in [1.807, 2.05) is 6.92 Å². The molecule has 1 N–H and O–H groups in total. The highest BCUT2D eigenvalue weighted by atomic mass is 16.3. The van der Waals surface area contributed by atoms with E-state index in [-0.39, 0.29) is 6.61 Å². The van der Waals surface area contributed by atoms with Crippen LogP contribution in [0.5, 0.6) is 0 Å². The minimum absolute atomic E-state index is 0.164. The summed E-state index contributed by atoms with van der Waals surface area (Å²) in [6.07, 6.45) is 0.937. The fourth-order valence-electron chi connectivity index (χ4n) is 1.30. The van der Waals surface area contributed by atoms with Crippen molar-refractivity contribution in [2.75, 3.05) is 6.61 Å². The molecule has 1 heteroatoms. The first-order valence-electron chi connectivity index (χ1n) is 4.95. The molecular formula is C13H18O. The molecule has 0 aromatic heterocycles. The molecule has 0 saturated heterocycles. The molecule has 0 spiro atoms. The summed E-state index contributed by atoms with van der Waals surface area (Å²) in [5.41, 5.74) is 4.93. The highest BCUT2D eigenvalue weighted by Crippen LogP contribution is 2.12. The Morgan fingerprint density at radius 3 is 2.14 bits per heavy atom. The van der Waals surface area contributed by atoms with Gasteiger partial charge in [-0.25, -0.2) is 0 Å². The van der Waals surface area contributed by atoms with Gasteiger partial charge in [0.1, 0.15) is 0 Å². The van der Waals surface area contributed by atoms with Crippen LogP contribution in [0.15, 0.2) is 35.4 Å². The van der Waals surface area contributed by atoms with Crippen LogP contribution in [0.25, 0.3) is 0 Å². The van der Waals surface area contributed by atoms with E-state index in [2.05, 4.69) is 38.1 Å². The van der Waals surface area contributed by atoms with E-state index >= 15 is 0 Å². The van der Waals surface area contributed by atoms with E-state index in [0.717, 1.165) is 12.0 Å². The first-order chi connectivity index (χ1) is 6.63. The molecule has 0 radical (unpaired) electrons. The molecule has 0 fully saturated rings. The lowest BCUT2D eigenvalue weighted by Crippen LogP contribution is -1.94. The van der Waals surface area contributed by atoms with Crippen LogP contribution in [0, 0.1) is 6.92 Å². The maximum Gasteiger partial charge on any atom is 0.0641 e. The topological polar surface area (TPSA) is 20.2 Å². The van der Waals surface area contributed by atoms with Gasteiger partial charge in [0.2, 0.25) is 0 Å². The van der Waals surface area contributed by atoms with Gasteiger partial charge < -0.3 is 5.11 Å². The molecule has 0 aliphatic heterocycles. The van der Waals surface area contributed by atoms with Gasteiger partial charge >= 0.3 is 0 Å². The van der Waals surface area contributed by atoms with Crippen molar-refractivity contribution in [2.24, 2.45) is 0 Å². The normalized spacial score (nSPS) is 12.6. The van der Waals surface area contributed by atoms with Crippen molar-refractivity contribution in [2.45, 2.75) is 27.2 Å². The van der Waals surface area contributed by atoms with E-state index in [1.165, 1.54) is 16.7 Å². The predicted molar refractivity (Wildman–Crippen MR) is 60.3 cm³/mol. The van der Waals surface area contributed by atoms with E-state index in [4.69, 9.17) is 5.11 Å². The Bertz CT molecular complexity index is 320. The van der Waals surface area contributed by atoms with Crippen LogP contribution in [0.2, 0.25) is 0 Å². The third kappa shape index (κ3) is 3.00. The average molecular weight is 190 g/mol. The third-order valence-corrected chi connectivity index (χ3v) is 2.56. The van der Waals surface area contributed by atoms with Gasteiger partial charge in [0.15, 0.2) is 0 Å². The highest BCUT2D eigenvalue weighted by molar-refractivity contribution is 5.26.